The van der Waals surface area contributed by atoms with Crippen molar-refractivity contribution in [2.45, 2.75) is 32.9 Å². The number of hydrogen-bond acceptors (Lipinski definition) is 3. The Hall–Kier alpha value is -1.55. The van der Waals surface area contributed by atoms with Gasteiger partial charge < -0.3 is 4.74 Å². The van der Waals surface area contributed by atoms with Crippen LogP contribution in [-0.2, 0) is 6.61 Å². The van der Waals surface area contributed by atoms with E-state index in [0.29, 0.717) is 23.6 Å². The van der Waals surface area contributed by atoms with Crippen molar-refractivity contribution < 1.29 is 4.74 Å². The Morgan fingerprint density at radius 2 is 2.22 bits per heavy atom. The lowest BCUT2D eigenvalue weighted by atomic mass is 10.3. The third kappa shape index (κ3) is 3.23. The van der Waals surface area contributed by atoms with Gasteiger partial charge in [-0.2, -0.15) is 5.10 Å². The number of aromatic nitrogens is 3. The van der Waals surface area contributed by atoms with Crippen molar-refractivity contribution in [3.63, 3.8) is 0 Å². The Kier molecular flexibility index (Phi) is 4.20. The molecule has 1 unspecified atom stereocenters. The molecule has 0 fully saturated rings. The minimum atomic E-state index is 0.413. The van der Waals surface area contributed by atoms with Gasteiger partial charge in [0.1, 0.15) is 17.5 Å². The zero-order chi connectivity index (χ0) is 13.0. The molecule has 96 valence electrons. The molecule has 0 amide bonds. The van der Waals surface area contributed by atoms with Crippen LogP contribution in [0.25, 0.3) is 0 Å². The zero-order valence-corrected chi connectivity index (χ0v) is 11.3. The molecule has 5 heteroatoms. The molecular formula is C13H16ClN3O. The molecule has 0 saturated carbocycles. The number of halogens is 1. The topological polar surface area (TPSA) is 39.9 Å². The molecule has 2 aromatic heterocycles. The first-order chi connectivity index (χ1) is 8.69. The average Bonchev–Trinajstić information content (AvgIpc) is 2.86. The van der Waals surface area contributed by atoms with Crippen molar-refractivity contribution in [3.05, 3.63) is 41.4 Å². The molecule has 0 bridgehead atoms. The first-order valence-corrected chi connectivity index (χ1v) is 6.35. The fourth-order valence-electron chi connectivity index (χ4n) is 1.49. The molecule has 4 nitrogen and oxygen atoms in total. The lowest BCUT2D eigenvalue weighted by Gasteiger charge is -2.08. The summed E-state index contributed by atoms with van der Waals surface area (Å²) in [5.41, 5.74) is 0.908. The van der Waals surface area contributed by atoms with Crippen LogP contribution in [0.3, 0.4) is 0 Å². The largest absolute Gasteiger partial charge is 0.486 e. The van der Waals surface area contributed by atoms with Crippen molar-refractivity contribution in [2.24, 2.45) is 0 Å². The van der Waals surface area contributed by atoms with Crippen LogP contribution in [-0.4, -0.2) is 14.8 Å². The predicted molar refractivity (Wildman–Crippen MR) is 70.8 cm³/mol. The summed E-state index contributed by atoms with van der Waals surface area (Å²) in [5, 5.41) is 4.92. The van der Waals surface area contributed by atoms with E-state index in [1.807, 2.05) is 16.9 Å². The lowest BCUT2D eigenvalue weighted by molar-refractivity contribution is 0.297. The highest BCUT2D eigenvalue weighted by atomic mass is 35.5. The molecule has 0 aromatic carbocycles. The normalized spacial score (nSPS) is 12.4. The van der Waals surface area contributed by atoms with Crippen LogP contribution in [0.4, 0.5) is 0 Å². The maximum Gasteiger partial charge on any atom is 0.138 e. The minimum absolute atomic E-state index is 0.413. The van der Waals surface area contributed by atoms with E-state index in [0.717, 1.165) is 12.1 Å². The summed E-state index contributed by atoms with van der Waals surface area (Å²) in [6, 6.07) is 5.88. The van der Waals surface area contributed by atoms with E-state index in [2.05, 4.69) is 23.9 Å². The van der Waals surface area contributed by atoms with Gasteiger partial charge in [-0.25, -0.2) is 4.98 Å². The fraction of sp³-hybridized carbons (Fsp3) is 0.385. The molecule has 2 heterocycles. The van der Waals surface area contributed by atoms with E-state index in [1.165, 1.54) is 0 Å². The maximum atomic E-state index is 5.70. The van der Waals surface area contributed by atoms with Crippen molar-refractivity contribution in [3.8, 4) is 5.75 Å². The first-order valence-electron chi connectivity index (χ1n) is 5.97. The lowest BCUT2D eigenvalue weighted by Crippen LogP contribution is -2.05. The van der Waals surface area contributed by atoms with Crippen LogP contribution in [0.2, 0.25) is 5.15 Å². The highest BCUT2D eigenvalue weighted by molar-refractivity contribution is 6.29. The molecule has 0 saturated heterocycles. The standard InChI is InChI=1S/C13H16ClN3O/c1-3-10(2)17-7-6-11(16-17)9-18-12-4-5-13(14)15-8-12/h4-8,10H,3,9H2,1-2H3. The van der Waals surface area contributed by atoms with Gasteiger partial charge in [0.2, 0.25) is 0 Å². The van der Waals surface area contributed by atoms with Gasteiger partial charge in [-0.05, 0) is 31.5 Å². The second-order valence-electron chi connectivity index (χ2n) is 4.15. The Labute approximate surface area is 112 Å². The van der Waals surface area contributed by atoms with Gasteiger partial charge in [-0.3, -0.25) is 4.68 Å². The minimum Gasteiger partial charge on any atom is -0.486 e. The third-order valence-electron chi connectivity index (χ3n) is 2.79. The zero-order valence-electron chi connectivity index (χ0n) is 10.5. The van der Waals surface area contributed by atoms with Gasteiger partial charge in [0.15, 0.2) is 0 Å². The van der Waals surface area contributed by atoms with Crippen LogP contribution in [0.15, 0.2) is 30.6 Å². The van der Waals surface area contributed by atoms with Gasteiger partial charge >= 0.3 is 0 Å². The van der Waals surface area contributed by atoms with Gasteiger partial charge in [-0.1, -0.05) is 18.5 Å². The van der Waals surface area contributed by atoms with Crippen LogP contribution in [0, 0.1) is 0 Å². The van der Waals surface area contributed by atoms with Crippen molar-refractivity contribution in [1.82, 2.24) is 14.8 Å². The van der Waals surface area contributed by atoms with Gasteiger partial charge in [-0.15, -0.1) is 0 Å². The van der Waals surface area contributed by atoms with Gasteiger partial charge in [0.25, 0.3) is 0 Å². The monoisotopic (exact) mass is 265 g/mol. The fourth-order valence-corrected chi connectivity index (χ4v) is 1.60. The summed E-state index contributed by atoms with van der Waals surface area (Å²) in [6.07, 6.45) is 4.64. The Morgan fingerprint density at radius 1 is 1.39 bits per heavy atom. The van der Waals surface area contributed by atoms with E-state index in [4.69, 9.17) is 16.3 Å². The highest BCUT2D eigenvalue weighted by Crippen LogP contribution is 2.14. The second kappa shape index (κ2) is 5.87. The van der Waals surface area contributed by atoms with Crippen LogP contribution in [0.5, 0.6) is 5.75 Å². The van der Waals surface area contributed by atoms with Crippen LogP contribution in [0.1, 0.15) is 32.0 Å². The Morgan fingerprint density at radius 3 is 2.89 bits per heavy atom. The van der Waals surface area contributed by atoms with Crippen molar-refractivity contribution in [1.29, 1.82) is 0 Å². The van der Waals surface area contributed by atoms with Crippen molar-refractivity contribution in [2.75, 3.05) is 0 Å². The molecular weight excluding hydrogens is 250 g/mol. The van der Waals surface area contributed by atoms with E-state index < -0.39 is 0 Å². The molecule has 0 aliphatic rings. The molecule has 0 radical (unpaired) electrons. The number of rotatable bonds is 5. The van der Waals surface area contributed by atoms with Crippen molar-refractivity contribution >= 4 is 11.6 Å². The molecule has 18 heavy (non-hydrogen) atoms. The van der Waals surface area contributed by atoms with E-state index in [-0.39, 0.29) is 0 Å². The SMILES string of the molecule is CCC(C)n1ccc(COc2ccc(Cl)nc2)n1. The summed E-state index contributed by atoms with van der Waals surface area (Å²) in [7, 11) is 0. The smallest absolute Gasteiger partial charge is 0.138 e. The molecule has 2 rings (SSSR count). The maximum absolute atomic E-state index is 5.70. The van der Waals surface area contributed by atoms with Crippen LogP contribution >= 0.6 is 11.6 Å². The number of nitrogens with zero attached hydrogens (tertiary/aromatic N) is 3. The number of ether oxygens (including phenoxy) is 1. The first kappa shape index (κ1) is 12.9. The molecule has 0 spiro atoms. The molecule has 1 atom stereocenters. The van der Waals surface area contributed by atoms with E-state index >= 15 is 0 Å². The summed E-state index contributed by atoms with van der Waals surface area (Å²) in [6.45, 7) is 4.72. The average molecular weight is 266 g/mol. The number of hydrogen-bond donors (Lipinski definition) is 0. The summed E-state index contributed by atoms with van der Waals surface area (Å²) in [4.78, 5) is 3.95. The summed E-state index contributed by atoms with van der Waals surface area (Å²) >= 11 is 5.70. The predicted octanol–water partition coefficient (Wildman–Crippen LogP) is 3.48. The molecule has 0 N–H and O–H groups in total. The Balaban J connectivity index is 1.94. The number of pyridine rings is 1. The third-order valence-corrected chi connectivity index (χ3v) is 3.02. The second-order valence-corrected chi connectivity index (χ2v) is 4.54. The summed E-state index contributed by atoms with van der Waals surface area (Å²) < 4.78 is 7.53. The highest BCUT2D eigenvalue weighted by Gasteiger charge is 2.05. The van der Waals surface area contributed by atoms with Gasteiger partial charge in [0, 0.05) is 12.2 Å². The van der Waals surface area contributed by atoms with E-state index in [1.54, 1.807) is 18.3 Å². The molecule has 0 aliphatic carbocycles. The van der Waals surface area contributed by atoms with Gasteiger partial charge in [0.05, 0.1) is 11.9 Å². The molecule has 0 aliphatic heterocycles. The van der Waals surface area contributed by atoms with E-state index in [9.17, 15) is 0 Å². The van der Waals surface area contributed by atoms with Crippen LogP contribution < -0.4 is 4.74 Å². The quantitative estimate of drug-likeness (QED) is 0.777. The Bertz CT molecular complexity index is 495. The summed E-state index contributed by atoms with van der Waals surface area (Å²) in [5.74, 6) is 0.692. The molecule has 2 aromatic rings.